The fourth-order valence-corrected chi connectivity index (χ4v) is 2.41. The van der Waals surface area contributed by atoms with Crippen LogP contribution in [0.15, 0.2) is 36.4 Å². The van der Waals surface area contributed by atoms with E-state index in [2.05, 4.69) is 59.2 Å². The van der Waals surface area contributed by atoms with Crippen molar-refractivity contribution in [2.45, 2.75) is 13.3 Å². The molecule has 1 aliphatic rings. The Bertz CT molecular complexity index is 351. The third-order valence-corrected chi connectivity index (χ3v) is 3.48. The van der Waals surface area contributed by atoms with E-state index in [4.69, 9.17) is 0 Å². The van der Waals surface area contributed by atoms with E-state index in [1.807, 2.05) is 0 Å². The van der Waals surface area contributed by atoms with Crippen molar-refractivity contribution in [2.24, 2.45) is 0 Å². The lowest BCUT2D eigenvalue weighted by Gasteiger charge is -2.33. The monoisotopic (exact) mass is 244 g/mol. The molecule has 18 heavy (non-hydrogen) atoms. The van der Waals surface area contributed by atoms with Crippen molar-refractivity contribution in [2.75, 3.05) is 39.3 Å². The van der Waals surface area contributed by atoms with Crippen LogP contribution in [-0.4, -0.2) is 49.1 Å². The second-order valence-electron chi connectivity index (χ2n) is 4.96. The maximum Gasteiger partial charge on any atom is 0.0167 e. The summed E-state index contributed by atoms with van der Waals surface area (Å²) in [6, 6.07) is 10.5. The Morgan fingerprint density at radius 1 is 1.00 bits per heavy atom. The van der Waals surface area contributed by atoms with Crippen LogP contribution in [0.25, 0.3) is 6.08 Å². The molecule has 0 atom stereocenters. The predicted molar refractivity (Wildman–Crippen MR) is 78.6 cm³/mol. The molecule has 0 spiro atoms. The summed E-state index contributed by atoms with van der Waals surface area (Å²) in [5.74, 6) is 0. The second-order valence-corrected chi connectivity index (χ2v) is 4.96. The van der Waals surface area contributed by atoms with Gasteiger partial charge in [0.25, 0.3) is 0 Å². The summed E-state index contributed by atoms with van der Waals surface area (Å²) in [4.78, 5) is 5.10. The summed E-state index contributed by atoms with van der Waals surface area (Å²) in [5, 5.41) is 0. The molecule has 0 radical (unpaired) electrons. The Morgan fingerprint density at radius 2 is 1.67 bits per heavy atom. The number of rotatable bonds is 5. The quantitative estimate of drug-likeness (QED) is 0.786. The summed E-state index contributed by atoms with van der Waals surface area (Å²) >= 11 is 0. The van der Waals surface area contributed by atoms with Crippen LogP contribution in [-0.2, 0) is 0 Å². The number of benzene rings is 1. The zero-order valence-electron chi connectivity index (χ0n) is 11.4. The first kappa shape index (κ1) is 13.3. The highest BCUT2D eigenvalue weighted by molar-refractivity contribution is 5.48. The lowest BCUT2D eigenvalue weighted by molar-refractivity contribution is 0.143. The summed E-state index contributed by atoms with van der Waals surface area (Å²) in [7, 11) is 0. The third kappa shape index (κ3) is 4.28. The van der Waals surface area contributed by atoms with Crippen molar-refractivity contribution in [1.82, 2.24) is 9.80 Å². The van der Waals surface area contributed by atoms with Crippen LogP contribution in [0.5, 0.6) is 0 Å². The zero-order chi connectivity index (χ0) is 12.6. The number of hydrogen-bond donors (Lipinski definition) is 0. The molecule has 2 nitrogen and oxygen atoms in total. The summed E-state index contributed by atoms with van der Waals surface area (Å²) < 4.78 is 0. The minimum Gasteiger partial charge on any atom is -0.301 e. The van der Waals surface area contributed by atoms with Crippen LogP contribution in [0.3, 0.4) is 0 Å². The Hall–Kier alpha value is -1.12. The molecule has 1 fully saturated rings. The molecule has 2 rings (SSSR count). The molecule has 0 amide bonds. The zero-order valence-corrected chi connectivity index (χ0v) is 11.4. The lowest BCUT2D eigenvalue weighted by Crippen LogP contribution is -2.46. The first-order chi connectivity index (χ1) is 8.88. The second kappa shape index (κ2) is 7.34. The van der Waals surface area contributed by atoms with E-state index in [1.54, 1.807) is 0 Å². The minimum absolute atomic E-state index is 1.08. The Balaban J connectivity index is 1.71. The molecule has 0 aromatic heterocycles. The van der Waals surface area contributed by atoms with Crippen molar-refractivity contribution in [1.29, 1.82) is 0 Å². The molecule has 98 valence electrons. The highest BCUT2D eigenvalue weighted by Gasteiger charge is 2.14. The van der Waals surface area contributed by atoms with Crippen molar-refractivity contribution >= 4 is 6.08 Å². The van der Waals surface area contributed by atoms with E-state index >= 15 is 0 Å². The number of nitrogens with zero attached hydrogens (tertiary/aromatic N) is 2. The first-order valence-corrected chi connectivity index (χ1v) is 7.05. The Kier molecular flexibility index (Phi) is 5.43. The van der Waals surface area contributed by atoms with Crippen LogP contribution >= 0.6 is 0 Å². The molecule has 0 aliphatic carbocycles. The molecule has 1 aliphatic heterocycles. The highest BCUT2D eigenvalue weighted by atomic mass is 15.3. The average Bonchev–Trinajstić information content (AvgIpc) is 2.42. The van der Waals surface area contributed by atoms with Gasteiger partial charge in [-0.1, -0.05) is 49.4 Å². The molecule has 1 aromatic rings. The van der Waals surface area contributed by atoms with Gasteiger partial charge in [0, 0.05) is 32.7 Å². The van der Waals surface area contributed by atoms with Gasteiger partial charge in [0.1, 0.15) is 0 Å². The van der Waals surface area contributed by atoms with Gasteiger partial charge in [-0.3, -0.25) is 4.90 Å². The van der Waals surface area contributed by atoms with E-state index in [9.17, 15) is 0 Å². The molecule has 0 N–H and O–H groups in total. The van der Waals surface area contributed by atoms with Crippen LogP contribution in [0.2, 0.25) is 0 Å². The largest absolute Gasteiger partial charge is 0.301 e. The van der Waals surface area contributed by atoms with Gasteiger partial charge >= 0.3 is 0 Å². The standard InChI is InChI=1S/C16H24N2/c1-2-10-17-12-14-18(15-13-17)11-6-9-16-7-4-3-5-8-16/h3-9H,2,10-15H2,1H3/b9-6-. The SMILES string of the molecule is CCCN1CCN(C/C=C\c2ccccc2)CC1. The molecular weight excluding hydrogens is 220 g/mol. The van der Waals surface area contributed by atoms with Crippen LogP contribution in [0, 0.1) is 0 Å². The van der Waals surface area contributed by atoms with Gasteiger partial charge in [0.15, 0.2) is 0 Å². The normalized spacial score (nSPS) is 18.5. The molecule has 2 heteroatoms. The van der Waals surface area contributed by atoms with Gasteiger partial charge in [-0.15, -0.1) is 0 Å². The van der Waals surface area contributed by atoms with E-state index in [0.717, 1.165) is 6.54 Å². The Labute approximate surface area is 111 Å². The van der Waals surface area contributed by atoms with E-state index in [1.165, 1.54) is 44.7 Å². The van der Waals surface area contributed by atoms with E-state index in [-0.39, 0.29) is 0 Å². The summed E-state index contributed by atoms with van der Waals surface area (Å²) in [5.41, 5.74) is 1.29. The van der Waals surface area contributed by atoms with Crippen LogP contribution in [0.1, 0.15) is 18.9 Å². The molecule has 1 heterocycles. The van der Waals surface area contributed by atoms with E-state index < -0.39 is 0 Å². The fraction of sp³-hybridized carbons (Fsp3) is 0.500. The van der Waals surface area contributed by atoms with Gasteiger partial charge in [-0.25, -0.2) is 0 Å². The fourth-order valence-electron chi connectivity index (χ4n) is 2.41. The van der Waals surface area contributed by atoms with Gasteiger partial charge < -0.3 is 4.90 Å². The Morgan fingerprint density at radius 3 is 2.33 bits per heavy atom. The predicted octanol–water partition coefficient (Wildman–Crippen LogP) is 2.73. The van der Waals surface area contributed by atoms with Crippen molar-refractivity contribution in [3.63, 3.8) is 0 Å². The molecule has 0 saturated carbocycles. The minimum atomic E-state index is 1.08. The summed E-state index contributed by atoms with van der Waals surface area (Å²) in [6.07, 6.45) is 5.77. The number of piperazine rings is 1. The maximum atomic E-state index is 2.57. The molecule has 1 saturated heterocycles. The highest BCUT2D eigenvalue weighted by Crippen LogP contribution is 2.04. The molecular formula is C16H24N2. The van der Waals surface area contributed by atoms with Crippen LogP contribution < -0.4 is 0 Å². The van der Waals surface area contributed by atoms with Crippen molar-refractivity contribution in [3.8, 4) is 0 Å². The smallest absolute Gasteiger partial charge is 0.0167 e. The van der Waals surface area contributed by atoms with Gasteiger partial charge in [0.05, 0.1) is 0 Å². The van der Waals surface area contributed by atoms with Gasteiger partial charge in [-0.2, -0.15) is 0 Å². The van der Waals surface area contributed by atoms with Gasteiger partial charge in [0.2, 0.25) is 0 Å². The third-order valence-electron chi connectivity index (χ3n) is 3.48. The van der Waals surface area contributed by atoms with Gasteiger partial charge in [-0.05, 0) is 18.5 Å². The number of hydrogen-bond acceptors (Lipinski definition) is 2. The topological polar surface area (TPSA) is 6.48 Å². The molecule has 0 bridgehead atoms. The first-order valence-electron chi connectivity index (χ1n) is 7.05. The summed E-state index contributed by atoms with van der Waals surface area (Å²) in [6.45, 7) is 9.47. The lowest BCUT2D eigenvalue weighted by atomic mass is 10.2. The maximum absolute atomic E-state index is 2.57. The molecule has 0 unspecified atom stereocenters. The van der Waals surface area contributed by atoms with Crippen molar-refractivity contribution < 1.29 is 0 Å². The van der Waals surface area contributed by atoms with E-state index in [0.29, 0.717) is 0 Å². The van der Waals surface area contributed by atoms with Crippen LogP contribution in [0.4, 0.5) is 0 Å². The molecule has 1 aromatic carbocycles. The average molecular weight is 244 g/mol. The van der Waals surface area contributed by atoms with Crippen molar-refractivity contribution in [3.05, 3.63) is 42.0 Å².